The van der Waals surface area contributed by atoms with E-state index in [0.717, 1.165) is 5.56 Å². The molecule has 2 rings (SSSR count). The van der Waals surface area contributed by atoms with E-state index in [-0.39, 0.29) is 57.0 Å². The van der Waals surface area contributed by atoms with Gasteiger partial charge in [0.05, 0.1) is 25.4 Å². The fourth-order valence-electron chi connectivity index (χ4n) is 4.10. The lowest BCUT2D eigenvalue weighted by molar-refractivity contribution is -0.154. The summed E-state index contributed by atoms with van der Waals surface area (Å²) in [6.07, 6.45) is 5.92. The van der Waals surface area contributed by atoms with Crippen molar-refractivity contribution in [2.45, 2.75) is 64.5 Å². The summed E-state index contributed by atoms with van der Waals surface area (Å²) in [6, 6.07) is 7.59. The monoisotopic (exact) mass is 588 g/mol. The predicted octanol–water partition coefficient (Wildman–Crippen LogP) is 2.49. The Hall–Kier alpha value is -3.54. The molecule has 1 unspecified atom stereocenters. The molecule has 1 heterocycles. The second-order valence-corrected chi connectivity index (χ2v) is 10.2. The number of hydrogen-bond donors (Lipinski definition) is 2. The van der Waals surface area contributed by atoms with Crippen LogP contribution in [0.25, 0.3) is 0 Å². The van der Waals surface area contributed by atoms with Gasteiger partial charge in [0.15, 0.2) is 6.04 Å². The molecule has 1 aromatic carbocycles. The molecule has 1 aliphatic rings. The van der Waals surface area contributed by atoms with Crippen LogP contribution in [0.15, 0.2) is 54.6 Å². The number of benzene rings is 1. The number of carbonyl (C=O) groups excluding carboxylic acids is 4. The maximum Gasteiger partial charge on any atom is 0.331 e. The fourth-order valence-corrected chi connectivity index (χ4v) is 4.10. The van der Waals surface area contributed by atoms with E-state index in [1.165, 1.54) is 14.2 Å². The third kappa shape index (κ3) is 12.5. The third-order valence-electron chi connectivity index (χ3n) is 6.79. The highest BCUT2D eigenvalue weighted by molar-refractivity contribution is 5.85. The standard InChI is InChI=1S/C31H44N2O9/c1-21-12-10-16-29(35)33-25(18-40-17-24-13-7-6-8-14-24)31(37)42-20-27(39-5)22(2)11-9-15-28(34)32-23(3)30(36)41-19-26(21)38-4/h6-14,21-23,25-27H,15-20H2,1-5H3,(H,32,34)(H,33,35)/b11-9+,12-10+/t21-,22?,23+,25+,26-,27-/m1/s1. The van der Waals surface area contributed by atoms with E-state index in [1.54, 1.807) is 31.2 Å². The van der Waals surface area contributed by atoms with Crippen LogP contribution in [0.3, 0.4) is 0 Å². The molecule has 0 saturated carbocycles. The summed E-state index contributed by atoms with van der Waals surface area (Å²) in [7, 11) is 2.99. The van der Waals surface area contributed by atoms with Crippen molar-refractivity contribution in [2.75, 3.05) is 34.0 Å². The molecule has 0 radical (unpaired) electrons. The minimum atomic E-state index is -1.04. The number of hydrogen-bond acceptors (Lipinski definition) is 9. The van der Waals surface area contributed by atoms with Crippen LogP contribution in [0.5, 0.6) is 0 Å². The Bertz CT molecular complexity index is 1060. The smallest absolute Gasteiger partial charge is 0.331 e. The van der Waals surface area contributed by atoms with Crippen LogP contribution in [0.1, 0.15) is 39.2 Å². The van der Waals surface area contributed by atoms with Crippen molar-refractivity contribution in [2.24, 2.45) is 11.8 Å². The van der Waals surface area contributed by atoms with E-state index < -0.39 is 42.1 Å². The topological polar surface area (TPSA) is 138 Å². The van der Waals surface area contributed by atoms with E-state index in [9.17, 15) is 19.2 Å². The normalized spacial score (nSPS) is 29.1. The Kier molecular flexibility index (Phi) is 15.5. The second kappa shape index (κ2) is 18.8. The number of rotatable bonds is 6. The van der Waals surface area contributed by atoms with Gasteiger partial charge >= 0.3 is 11.9 Å². The van der Waals surface area contributed by atoms with Crippen LogP contribution in [0.4, 0.5) is 0 Å². The van der Waals surface area contributed by atoms with Crippen LogP contribution in [0.2, 0.25) is 0 Å². The number of methoxy groups -OCH3 is 2. The second-order valence-electron chi connectivity index (χ2n) is 10.2. The van der Waals surface area contributed by atoms with Crippen molar-refractivity contribution in [3.8, 4) is 0 Å². The molecule has 11 nitrogen and oxygen atoms in total. The van der Waals surface area contributed by atoms with Crippen LogP contribution in [-0.2, 0) is 49.5 Å². The lowest BCUT2D eigenvalue weighted by Gasteiger charge is -2.23. The largest absolute Gasteiger partial charge is 0.461 e. The molecule has 42 heavy (non-hydrogen) atoms. The lowest BCUT2D eigenvalue weighted by Crippen LogP contribution is -2.45. The first-order chi connectivity index (χ1) is 20.1. The number of carbonyl (C=O) groups is 4. The molecule has 232 valence electrons. The maximum absolute atomic E-state index is 13.0. The Labute approximate surface area is 247 Å². The first-order valence-corrected chi connectivity index (χ1v) is 14.1. The molecule has 2 N–H and O–H groups in total. The van der Waals surface area contributed by atoms with Crippen molar-refractivity contribution in [1.29, 1.82) is 0 Å². The highest BCUT2D eigenvalue weighted by Gasteiger charge is 2.26. The van der Waals surface area contributed by atoms with Gasteiger partial charge in [-0.25, -0.2) is 9.59 Å². The molecule has 0 aliphatic carbocycles. The highest BCUT2D eigenvalue weighted by Crippen LogP contribution is 2.13. The first-order valence-electron chi connectivity index (χ1n) is 14.1. The molecule has 1 aromatic rings. The van der Waals surface area contributed by atoms with Crippen molar-refractivity contribution in [1.82, 2.24) is 10.6 Å². The predicted molar refractivity (Wildman–Crippen MR) is 155 cm³/mol. The van der Waals surface area contributed by atoms with E-state index >= 15 is 0 Å². The van der Waals surface area contributed by atoms with Gasteiger partial charge < -0.3 is 34.3 Å². The molecule has 1 aliphatic heterocycles. The summed E-state index contributed by atoms with van der Waals surface area (Å²) in [6.45, 7) is 5.33. The molecular formula is C31H44N2O9. The van der Waals surface area contributed by atoms with Crippen molar-refractivity contribution in [3.05, 3.63) is 60.2 Å². The maximum atomic E-state index is 13.0. The molecule has 0 fully saturated rings. The van der Waals surface area contributed by atoms with Gasteiger partial charge in [0.25, 0.3) is 0 Å². The highest BCUT2D eigenvalue weighted by atomic mass is 16.6. The Balaban J connectivity index is 2.17. The zero-order valence-corrected chi connectivity index (χ0v) is 25.1. The lowest BCUT2D eigenvalue weighted by atomic mass is 10.0. The zero-order chi connectivity index (χ0) is 30.9. The van der Waals surface area contributed by atoms with E-state index in [4.69, 9.17) is 23.7 Å². The average Bonchev–Trinajstić information content (AvgIpc) is 2.97. The number of esters is 2. The molecule has 2 amide bonds. The molecule has 0 bridgehead atoms. The summed E-state index contributed by atoms with van der Waals surface area (Å²) < 4.78 is 27.6. The Morgan fingerprint density at radius 3 is 1.83 bits per heavy atom. The zero-order valence-electron chi connectivity index (χ0n) is 25.1. The number of nitrogens with one attached hydrogen (secondary N) is 2. The molecule has 11 heteroatoms. The van der Waals surface area contributed by atoms with Crippen LogP contribution in [-0.4, -0.2) is 82.1 Å². The molecule has 0 saturated heterocycles. The summed E-state index contributed by atoms with van der Waals surface area (Å²) >= 11 is 0. The summed E-state index contributed by atoms with van der Waals surface area (Å²) in [5, 5.41) is 5.32. The van der Waals surface area contributed by atoms with Gasteiger partial charge in [0.2, 0.25) is 11.8 Å². The summed E-state index contributed by atoms with van der Waals surface area (Å²) in [4.78, 5) is 50.6. The number of ether oxygens (including phenoxy) is 5. The molecule has 6 atom stereocenters. The van der Waals surface area contributed by atoms with Gasteiger partial charge in [0.1, 0.15) is 19.3 Å². The SMILES string of the molecule is CO[C@@H]1COC(=O)[C@H](COCc2ccccc2)NC(=O)C/C=C/[C@@H](C)[C@H](OC)COC(=O)[C@H](C)NC(=O)C/C=C/C1C. The van der Waals surface area contributed by atoms with E-state index in [0.29, 0.717) is 0 Å². The van der Waals surface area contributed by atoms with Gasteiger partial charge in [-0.05, 0) is 12.5 Å². The number of cyclic esters (lactones) is 2. The molecule has 0 spiro atoms. The van der Waals surface area contributed by atoms with E-state index in [1.807, 2.05) is 44.2 Å². The van der Waals surface area contributed by atoms with Gasteiger partial charge in [0, 0.05) is 38.9 Å². The third-order valence-corrected chi connectivity index (χ3v) is 6.79. The Morgan fingerprint density at radius 1 is 0.762 bits per heavy atom. The van der Waals surface area contributed by atoms with Crippen LogP contribution in [0, 0.1) is 11.8 Å². The van der Waals surface area contributed by atoms with Gasteiger partial charge in [-0.3, -0.25) is 9.59 Å². The number of amides is 2. The van der Waals surface area contributed by atoms with Gasteiger partial charge in [-0.2, -0.15) is 0 Å². The minimum Gasteiger partial charge on any atom is -0.461 e. The van der Waals surface area contributed by atoms with Gasteiger partial charge in [-0.15, -0.1) is 0 Å². The molecular weight excluding hydrogens is 544 g/mol. The van der Waals surface area contributed by atoms with E-state index in [2.05, 4.69) is 10.6 Å². The van der Waals surface area contributed by atoms with Crippen molar-refractivity contribution < 1.29 is 42.9 Å². The van der Waals surface area contributed by atoms with Gasteiger partial charge in [-0.1, -0.05) is 68.5 Å². The minimum absolute atomic E-state index is 0.00534. The summed E-state index contributed by atoms with van der Waals surface area (Å²) in [5.74, 6) is -2.39. The average molecular weight is 589 g/mol. The first kappa shape index (κ1) is 34.7. The molecule has 0 aromatic heterocycles. The summed E-state index contributed by atoms with van der Waals surface area (Å²) in [5.41, 5.74) is 0.925. The quantitative estimate of drug-likeness (QED) is 0.379. The van der Waals surface area contributed by atoms with Crippen LogP contribution < -0.4 is 10.6 Å². The van der Waals surface area contributed by atoms with Crippen molar-refractivity contribution >= 4 is 23.8 Å². The van der Waals surface area contributed by atoms with Crippen molar-refractivity contribution in [3.63, 3.8) is 0 Å². The van der Waals surface area contributed by atoms with Crippen LogP contribution >= 0.6 is 0 Å². The fraction of sp³-hybridized carbons (Fsp3) is 0.548. The Morgan fingerprint density at radius 2 is 1.29 bits per heavy atom.